The summed E-state index contributed by atoms with van der Waals surface area (Å²) in [5.41, 5.74) is 0.235. The Hall–Kier alpha value is -1.38. The third-order valence-corrected chi connectivity index (χ3v) is 2.19. The lowest BCUT2D eigenvalue weighted by atomic mass is 10.2. The molecular formula is C12H15FNO. The number of para-hydroxylation sites is 1. The lowest BCUT2D eigenvalue weighted by Gasteiger charge is -2.17. The molecule has 1 aromatic carbocycles. The number of amides is 1. The van der Waals surface area contributed by atoms with E-state index in [1.807, 2.05) is 6.92 Å². The van der Waals surface area contributed by atoms with Crippen LogP contribution in [0.1, 0.15) is 26.2 Å². The minimum absolute atomic E-state index is 0.151. The van der Waals surface area contributed by atoms with E-state index in [4.69, 9.17) is 0 Å². The first-order valence-electron chi connectivity index (χ1n) is 5.04. The standard InChI is InChI=1S/C12H15FNO/c1-3-4-9-12(15)14(2)11-8-6-5-7-10(11)13/h5-8H,2-4,9H2,1H3. The highest BCUT2D eigenvalue weighted by molar-refractivity contribution is 5.93. The number of rotatable bonds is 4. The first kappa shape index (κ1) is 11.7. The van der Waals surface area contributed by atoms with Gasteiger partial charge in [-0.1, -0.05) is 25.5 Å². The van der Waals surface area contributed by atoms with Gasteiger partial charge in [-0.15, -0.1) is 0 Å². The molecular weight excluding hydrogens is 193 g/mol. The second-order valence-corrected chi connectivity index (χ2v) is 3.38. The van der Waals surface area contributed by atoms with Crippen LogP contribution in [0.2, 0.25) is 0 Å². The van der Waals surface area contributed by atoms with Gasteiger partial charge in [0.05, 0.1) is 5.69 Å². The van der Waals surface area contributed by atoms with Gasteiger partial charge in [-0.05, 0) is 18.6 Å². The van der Waals surface area contributed by atoms with Crippen molar-refractivity contribution in [3.63, 3.8) is 0 Å². The maximum absolute atomic E-state index is 13.3. The van der Waals surface area contributed by atoms with Crippen molar-refractivity contribution in [2.24, 2.45) is 0 Å². The van der Waals surface area contributed by atoms with Gasteiger partial charge in [0.25, 0.3) is 0 Å². The molecule has 3 heteroatoms. The van der Waals surface area contributed by atoms with Gasteiger partial charge in [0.1, 0.15) is 5.82 Å². The third kappa shape index (κ3) is 3.05. The number of halogens is 1. The normalized spacial score (nSPS) is 10.1. The number of unbranched alkanes of at least 4 members (excludes halogenated alkanes) is 1. The van der Waals surface area contributed by atoms with E-state index in [-0.39, 0.29) is 11.6 Å². The van der Waals surface area contributed by atoms with Gasteiger partial charge in [-0.3, -0.25) is 4.79 Å². The van der Waals surface area contributed by atoms with Gasteiger partial charge in [0.2, 0.25) is 5.91 Å². The van der Waals surface area contributed by atoms with E-state index in [1.54, 1.807) is 18.2 Å². The van der Waals surface area contributed by atoms with Crippen LogP contribution >= 0.6 is 0 Å². The van der Waals surface area contributed by atoms with Gasteiger partial charge in [0, 0.05) is 13.5 Å². The number of hydrogen-bond donors (Lipinski definition) is 0. The number of carbonyl (C=O) groups excluding carboxylic acids is 1. The number of carbonyl (C=O) groups is 1. The summed E-state index contributed by atoms with van der Waals surface area (Å²) in [6, 6.07) is 6.14. The molecule has 1 rings (SSSR count). The molecule has 15 heavy (non-hydrogen) atoms. The predicted octanol–water partition coefficient (Wildman–Crippen LogP) is 3.14. The molecule has 1 amide bonds. The second kappa shape index (κ2) is 5.49. The van der Waals surface area contributed by atoms with Crippen LogP contribution in [0, 0.1) is 12.9 Å². The third-order valence-electron chi connectivity index (χ3n) is 2.19. The molecule has 81 valence electrons. The van der Waals surface area contributed by atoms with Gasteiger partial charge in [0.15, 0.2) is 0 Å². The molecule has 1 aromatic rings. The predicted molar refractivity (Wildman–Crippen MR) is 58.8 cm³/mol. The van der Waals surface area contributed by atoms with Gasteiger partial charge >= 0.3 is 0 Å². The summed E-state index contributed by atoms with van der Waals surface area (Å²) >= 11 is 0. The lowest BCUT2D eigenvalue weighted by Crippen LogP contribution is -2.24. The van der Waals surface area contributed by atoms with E-state index in [0.29, 0.717) is 6.42 Å². The van der Waals surface area contributed by atoms with Gasteiger partial charge in [-0.2, -0.15) is 0 Å². The van der Waals surface area contributed by atoms with E-state index >= 15 is 0 Å². The van der Waals surface area contributed by atoms with Crippen molar-refractivity contribution in [3.8, 4) is 0 Å². The summed E-state index contributed by atoms with van der Waals surface area (Å²) in [4.78, 5) is 12.7. The zero-order valence-electron chi connectivity index (χ0n) is 8.87. The maximum atomic E-state index is 13.3. The Labute approximate surface area is 89.7 Å². The van der Waals surface area contributed by atoms with Crippen molar-refractivity contribution in [3.05, 3.63) is 37.1 Å². The molecule has 0 saturated carbocycles. The average Bonchev–Trinajstić information content (AvgIpc) is 2.25. The Morgan fingerprint density at radius 3 is 2.73 bits per heavy atom. The van der Waals surface area contributed by atoms with Crippen molar-refractivity contribution >= 4 is 11.6 Å². The number of benzene rings is 1. The molecule has 2 nitrogen and oxygen atoms in total. The van der Waals surface area contributed by atoms with E-state index < -0.39 is 5.82 Å². The highest BCUT2D eigenvalue weighted by Crippen LogP contribution is 2.18. The number of anilines is 1. The fourth-order valence-corrected chi connectivity index (χ4v) is 1.27. The van der Waals surface area contributed by atoms with E-state index in [9.17, 15) is 9.18 Å². The molecule has 0 spiro atoms. The van der Waals surface area contributed by atoms with E-state index in [0.717, 1.165) is 17.7 Å². The Morgan fingerprint density at radius 1 is 1.47 bits per heavy atom. The summed E-state index contributed by atoms with van der Waals surface area (Å²) in [7, 11) is 3.57. The summed E-state index contributed by atoms with van der Waals surface area (Å²) in [6.07, 6.45) is 2.16. The Kier molecular flexibility index (Phi) is 4.28. The molecule has 0 atom stereocenters. The maximum Gasteiger partial charge on any atom is 0.227 e. The van der Waals surface area contributed by atoms with Crippen molar-refractivity contribution in [1.29, 1.82) is 0 Å². The highest BCUT2D eigenvalue weighted by Gasteiger charge is 2.13. The topological polar surface area (TPSA) is 20.3 Å². The minimum atomic E-state index is -0.419. The average molecular weight is 208 g/mol. The Balaban J connectivity index is 2.72. The summed E-state index contributed by atoms with van der Waals surface area (Å²) < 4.78 is 13.3. The zero-order valence-corrected chi connectivity index (χ0v) is 8.87. The first-order chi connectivity index (χ1) is 7.16. The van der Waals surface area contributed by atoms with Gasteiger partial charge in [-0.25, -0.2) is 4.39 Å². The molecule has 0 heterocycles. The zero-order chi connectivity index (χ0) is 11.3. The summed E-state index contributed by atoms with van der Waals surface area (Å²) in [5, 5.41) is 0. The van der Waals surface area contributed by atoms with Crippen molar-refractivity contribution in [2.45, 2.75) is 26.2 Å². The quantitative estimate of drug-likeness (QED) is 0.744. The molecule has 0 fully saturated rings. The second-order valence-electron chi connectivity index (χ2n) is 3.38. The monoisotopic (exact) mass is 208 g/mol. The van der Waals surface area contributed by atoms with Crippen molar-refractivity contribution < 1.29 is 9.18 Å². The highest BCUT2D eigenvalue weighted by atomic mass is 19.1. The molecule has 0 aromatic heterocycles. The fourth-order valence-electron chi connectivity index (χ4n) is 1.27. The van der Waals surface area contributed by atoms with E-state index in [1.165, 1.54) is 6.07 Å². The molecule has 0 saturated heterocycles. The van der Waals surface area contributed by atoms with Gasteiger partial charge < -0.3 is 4.90 Å². The molecule has 1 radical (unpaired) electrons. The van der Waals surface area contributed by atoms with Crippen LogP contribution in [0.3, 0.4) is 0 Å². The van der Waals surface area contributed by atoms with Crippen LogP contribution in [0.4, 0.5) is 10.1 Å². The molecule has 0 unspecified atom stereocenters. The van der Waals surface area contributed by atoms with Crippen LogP contribution in [-0.2, 0) is 4.79 Å². The van der Waals surface area contributed by atoms with Crippen LogP contribution < -0.4 is 4.90 Å². The molecule has 0 aliphatic carbocycles. The number of hydrogen-bond acceptors (Lipinski definition) is 1. The van der Waals surface area contributed by atoms with E-state index in [2.05, 4.69) is 7.05 Å². The summed E-state index contributed by atoms with van der Waals surface area (Å²) in [5.74, 6) is -0.570. The molecule has 0 N–H and O–H groups in total. The summed E-state index contributed by atoms with van der Waals surface area (Å²) in [6.45, 7) is 2.00. The Morgan fingerprint density at radius 2 is 2.13 bits per heavy atom. The fraction of sp³-hybridized carbons (Fsp3) is 0.333. The Bertz CT molecular complexity index is 338. The van der Waals surface area contributed by atoms with Crippen LogP contribution in [0.25, 0.3) is 0 Å². The van der Waals surface area contributed by atoms with Crippen molar-refractivity contribution in [1.82, 2.24) is 0 Å². The van der Waals surface area contributed by atoms with Crippen molar-refractivity contribution in [2.75, 3.05) is 4.90 Å². The van der Waals surface area contributed by atoms with Crippen LogP contribution in [-0.4, -0.2) is 5.91 Å². The number of nitrogens with zero attached hydrogens (tertiary/aromatic N) is 1. The molecule has 0 bridgehead atoms. The molecule has 0 aliphatic heterocycles. The largest absolute Gasteiger partial charge is 0.308 e. The first-order valence-corrected chi connectivity index (χ1v) is 5.04. The molecule has 0 aliphatic rings. The van der Waals surface area contributed by atoms with Crippen LogP contribution in [0.5, 0.6) is 0 Å². The SMILES string of the molecule is [CH2]N(C(=O)CCCC)c1ccccc1F. The lowest BCUT2D eigenvalue weighted by molar-refractivity contribution is -0.118. The smallest absolute Gasteiger partial charge is 0.227 e. The minimum Gasteiger partial charge on any atom is -0.308 e. The van der Waals surface area contributed by atoms with Crippen LogP contribution in [0.15, 0.2) is 24.3 Å².